The maximum atomic E-state index is 11.6. The van der Waals surface area contributed by atoms with E-state index in [0.717, 1.165) is 25.8 Å². The molecule has 0 bridgehead atoms. The smallest absolute Gasteiger partial charge is 0.337 e. The van der Waals surface area contributed by atoms with Gasteiger partial charge < -0.3 is 15.2 Å². The molecule has 0 amide bonds. The van der Waals surface area contributed by atoms with Gasteiger partial charge in [0.25, 0.3) is 0 Å². The molecule has 0 spiro atoms. The Morgan fingerprint density at radius 2 is 1.03 bits per heavy atom. The van der Waals surface area contributed by atoms with Crippen LogP contribution in [0.1, 0.15) is 31.8 Å². The minimum atomic E-state index is -0.379. The molecule has 4 aromatic carbocycles. The molecule has 0 aliphatic rings. The van der Waals surface area contributed by atoms with Crippen LogP contribution in [0.4, 0.5) is 5.69 Å². The summed E-state index contributed by atoms with van der Waals surface area (Å²) in [5, 5.41) is 0. The predicted molar refractivity (Wildman–Crippen MR) is 153 cm³/mol. The number of halogens is 1. The van der Waals surface area contributed by atoms with Crippen LogP contribution in [0.15, 0.2) is 84.9 Å². The topological polar surface area (TPSA) is 78.6 Å². The number of ether oxygens (including phenoxy) is 2. The van der Waals surface area contributed by atoms with E-state index in [0.29, 0.717) is 16.8 Å². The van der Waals surface area contributed by atoms with Gasteiger partial charge in [0.05, 0.1) is 25.3 Å². The molecule has 5 nitrogen and oxygen atoms in total. The molecule has 0 aliphatic heterocycles. The summed E-state index contributed by atoms with van der Waals surface area (Å²) in [4.78, 5) is 23.1. The third kappa shape index (κ3) is 7.18. The van der Waals surface area contributed by atoms with E-state index < -0.39 is 0 Å². The highest BCUT2D eigenvalue weighted by atomic mass is 127. The zero-order valence-corrected chi connectivity index (χ0v) is 22.8. The number of anilines is 1. The minimum Gasteiger partial charge on any atom is -0.465 e. The highest BCUT2D eigenvalue weighted by Crippen LogP contribution is 2.25. The first-order chi connectivity index (χ1) is 17.2. The van der Waals surface area contributed by atoms with Gasteiger partial charge in [-0.1, -0.05) is 59.7 Å². The van der Waals surface area contributed by atoms with Crippen molar-refractivity contribution in [3.8, 4) is 22.3 Å². The Hall–Kier alpha value is -3.65. The third-order valence-corrected chi connectivity index (χ3v) is 6.09. The Labute approximate surface area is 225 Å². The molecule has 36 heavy (non-hydrogen) atoms. The van der Waals surface area contributed by atoms with E-state index in [-0.39, 0.29) is 11.9 Å². The molecule has 4 aromatic rings. The van der Waals surface area contributed by atoms with Gasteiger partial charge in [-0.3, -0.25) is 0 Å². The van der Waals surface area contributed by atoms with Crippen LogP contribution in [-0.4, -0.2) is 26.2 Å². The summed E-state index contributed by atoms with van der Waals surface area (Å²) in [6.07, 6.45) is 0. The van der Waals surface area contributed by atoms with Gasteiger partial charge in [0.1, 0.15) is 0 Å². The summed E-state index contributed by atoms with van der Waals surface area (Å²) in [6, 6.07) is 27.3. The number of methoxy groups -OCH3 is 2. The van der Waals surface area contributed by atoms with Crippen LogP contribution in [0, 0.1) is 17.4 Å². The van der Waals surface area contributed by atoms with Gasteiger partial charge in [0.2, 0.25) is 0 Å². The standard InChI is InChI=1S/C15H13IO2.C15H15NO2/c2*1-10-3-5-11(6-4-10)12-7-13(15(17)18-2)9-14(16)8-12/h3-9H,1-2H3;3-9H,16H2,1-2H3. The summed E-state index contributed by atoms with van der Waals surface area (Å²) < 4.78 is 10.5. The monoisotopic (exact) mass is 593 g/mol. The first kappa shape index (κ1) is 26.9. The lowest BCUT2D eigenvalue weighted by molar-refractivity contribution is 0.0592. The Bertz CT molecular complexity index is 1260. The summed E-state index contributed by atoms with van der Waals surface area (Å²) in [5.74, 6) is -0.683. The van der Waals surface area contributed by atoms with E-state index in [1.54, 1.807) is 12.1 Å². The fourth-order valence-corrected chi connectivity index (χ4v) is 4.21. The molecule has 0 saturated heterocycles. The minimum absolute atomic E-state index is 0.304. The molecule has 0 heterocycles. The van der Waals surface area contributed by atoms with Gasteiger partial charge in [-0.25, -0.2) is 9.59 Å². The molecular weight excluding hydrogens is 565 g/mol. The molecule has 0 radical (unpaired) electrons. The van der Waals surface area contributed by atoms with E-state index >= 15 is 0 Å². The summed E-state index contributed by atoms with van der Waals surface area (Å²) in [6.45, 7) is 4.08. The van der Waals surface area contributed by atoms with Crippen LogP contribution < -0.4 is 5.73 Å². The molecule has 0 atom stereocenters. The lowest BCUT2D eigenvalue weighted by Crippen LogP contribution is -2.02. The average Bonchev–Trinajstić information content (AvgIpc) is 2.88. The van der Waals surface area contributed by atoms with Crippen LogP contribution in [0.5, 0.6) is 0 Å². The molecule has 4 rings (SSSR count). The largest absolute Gasteiger partial charge is 0.465 e. The van der Waals surface area contributed by atoms with Crippen molar-refractivity contribution >= 4 is 40.2 Å². The van der Waals surface area contributed by atoms with Crippen molar-refractivity contribution in [2.24, 2.45) is 0 Å². The number of hydrogen-bond donors (Lipinski definition) is 1. The first-order valence-electron chi connectivity index (χ1n) is 11.2. The Balaban J connectivity index is 0.000000201. The number of carbonyl (C=O) groups excluding carboxylic acids is 2. The highest BCUT2D eigenvalue weighted by molar-refractivity contribution is 14.1. The van der Waals surface area contributed by atoms with E-state index in [9.17, 15) is 9.59 Å². The highest BCUT2D eigenvalue weighted by Gasteiger charge is 2.10. The summed E-state index contributed by atoms with van der Waals surface area (Å²) in [7, 11) is 2.75. The van der Waals surface area contributed by atoms with Gasteiger partial charge in [0.15, 0.2) is 0 Å². The number of benzene rings is 4. The molecule has 0 aliphatic carbocycles. The van der Waals surface area contributed by atoms with Crippen molar-refractivity contribution in [2.75, 3.05) is 20.0 Å². The molecule has 2 N–H and O–H groups in total. The maximum absolute atomic E-state index is 11.6. The molecule has 0 saturated carbocycles. The number of carbonyl (C=O) groups is 2. The van der Waals surface area contributed by atoms with Crippen molar-refractivity contribution in [2.45, 2.75) is 13.8 Å². The lowest BCUT2D eigenvalue weighted by Gasteiger charge is -2.07. The maximum Gasteiger partial charge on any atom is 0.337 e. The molecule has 0 aromatic heterocycles. The zero-order valence-electron chi connectivity index (χ0n) is 20.7. The lowest BCUT2D eigenvalue weighted by atomic mass is 10.0. The number of nitrogens with two attached hydrogens (primary N) is 1. The second-order valence-corrected chi connectivity index (χ2v) is 9.53. The fraction of sp³-hybridized carbons (Fsp3) is 0.133. The van der Waals surface area contributed by atoms with E-state index in [1.807, 2.05) is 49.4 Å². The van der Waals surface area contributed by atoms with E-state index in [4.69, 9.17) is 15.2 Å². The third-order valence-electron chi connectivity index (χ3n) is 5.47. The molecule has 6 heteroatoms. The Kier molecular flexibility index (Phi) is 9.25. The van der Waals surface area contributed by atoms with Crippen LogP contribution in [0.3, 0.4) is 0 Å². The molecular formula is C30H28INO4. The second kappa shape index (κ2) is 12.4. The van der Waals surface area contributed by atoms with Crippen LogP contribution in [-0.2, 0) is 9.47 Å². The Morgan fingerprint density at radius 1 is 0.611 bits per heavy atom. The van der Waals surface area contributed by atoms with Crippen LogP contribution in [0.2, 0.25) is 0 Å². The van der Waals surface area contributed by atoms with Crippen LogP contribution in [0.25, 0.3) is 22.3 Å². The van der Waals surface area contributed by atoms with Crippen molar-refractivity contribution < 1.29 is 19.1 Å². The van der Waals surface area contributed by atoms with Gasteiger partial charge >= 0.3 is 11.9 Å². The SMILES string of the molecule is COC(=O)c1cc(I)cc(-c2ccc(C)cc2)c1.COC(=O)c1cc(N)cc(-c2ccc(C)cc2)c1. The van der Waals surface area contributed by atoms with E-state index in [2.05, 4.69) is 59.8 Å². The van der Waals surface area contributed by atoms with Crippen molar-refractivity contribution in [3.63, 3.8) is 0 Å². The van der Waals surface area contributed by atoms with Crippen LogP contribution >= 0.6 is 22.6 Å². The normalized spacial score (nSPS) is 10.1. The fourth-order valence-electron chi connectivity index (χ4n) is 3.54. The number of rotatable bonds is 4. The Morgan fingerprint density at radius 3 is 1.47 bits per heavy atom. The van der Waals surface area contributed by atoms with Gasteiger partial charge in [-0.2, -0.15) is 0 Å². The van der Waals surface area contributed by atoms with Crippen molar-refractivity contribution in [3.05, 3.63) is 111 Å². The van der Waals surface area contributed by atoms with Gasteiger partial charge in [-0.15, -0.1) is 0 Å². The summed E-state index contributed by atoms with van der Waals surface area (Å²) in [5.41, 5.74) is 13.9. The van der Waals surface area contributed by atoms with Gasteiger partial charge in [0, 0.05) is 9.26 Å². The zero-order chi connectivity index (χ0) is 26.2. The second-order valence-electron chi connectivity index (χ2n) is 8.29. The number of aryl methyl sites for hydroxylation is 2. The number of esters is 2. The first-order valence-corrected chi connectivity index (χ1v) is 12.3. The average molecular weight is 593 g/mol. The molecule has 0 fully saturated rings. The van der Waals surface area contributed by atoms with E-state index in [1.165, 1.54) is 25.3 Å². The van der Waals surface area contributed by atoms with Crippen molar-refractivity contribution in [1.29, 1.82) is 0 Å². The number of hydrogen-bond acceptors (Lipinski definition) is 5. The number of nitrogen functional groups attached to an aromatic ring is 1. The molecule has 184 valence electrons. The summed E-state index contributed by atoms with van der Waals surface area (Å²) >= 11 is 2.21. The quantitative estimate of drug-likeness (QED) is 0.155. The molecule has 0 unspecified atom stereocenters. The van der Waals surface area contributed by atoms with Crippen molar-refractivity contribution in [1.82, 2.24) is 0 Å². The predicted octanol–water partition coefficient (Wildman–Crippen LogP) is 7.08. The van der Waals surface area contributed by atoms with Gasteiger partial charge in [-0.05, 0) is 95.1 Å².